The number of carbonyl (C=O) groups is 1. The Kier molecular flexibility index (Phi) is 6.54. The van der Waals surface area contributed by atoms with Crippen molar-refractivity contribution in [2.45, 2.75) is 25.6 Å². The summed E-state index contributed by atoms with van der Waals surface area (Å²) < 4.78 is 15.8. The second-order valence-electron chi connectivity index (χ2n) is 8.39. The Labute approximate surface area is 204 Å². The van der Waals surface area contributed by atoms with Crippen LogP contribution in [-0.4, -0.2) is 53.9 Å². The summed E-state index contributed by atoms with van der Waals surface area (Å²) in [5, 5.41) is 37.6. The number of pyridine rings is 1. The number of anilines is 2. The first kappa shape index (κ1) is 24.2. The van der Waals surface area contributed by atoms with Gasteiger partial charge in [-0.1, -0.05) is 0 Å². The fourth-order valence-corrected chi connectivity index (χ4v) is 3.23. The van der Waals surface area contributed by atoms with Crippen molar-refractivity contribution >= 4 is 23.1 Å². The van der Waals surface area contributed by atoms with Gasteiger partial charge >= 0.3 is 0 Å². The molecule has 0 aromatic carbocycles. The lowest BCUT2D eigenvalue weighted by Crippen LogP contribution is -2.42. The van der Waals surface area contributed by atoms with Crippen molar-refractivity contribution in [2.75, 3.05) is 11.9 Å². The van der Waals surface area contributed by atoms with E-state index < -0.39 is 24.2 Å². The van der Waals surface area contributed by atoms with Gasteiger partial charge in [0.25, 0.3) is 5.91 Å². The molecule has 0 saturated heterocycles. The first-order valence-corrected chi connectivity index (χ1v) is 10.7. The molecule has 0 bridgehead atoms. The van der Waals surface area contributed by atoms with Crippen molar-refractivity contribution in [3.05, 3.63) is 65.7 Å². The number of amides is 1. The summed E-state index contributed by atoms with van der Waals surface area (Å²) in [4.78, 5) is 25.4. The minimum Gasteiger partial charge on any atom is -0.387 e. The van der Waals surface area contributed by atoms with Gasteiger partial charge in [-0.05, 0) is 38.1 Å². The third kappa shape index (κ3) is 5.09. The maximum Gasteiger partial charge on any atom is 0.255 e. The summed E-state index contributed by atoms with van der Waals surface area (Å²) in [6.07, 6.45) is 3.70. The summed E-state index contributed by atoms with van der Waals surface area (Å²) in [7, 11) is 0. The maximum atomic E-state index is 14.2. The predicted molar refractivity (Wildman–Crippen MR) is 127 cm³/mol. The van der Waals surface area contributed by atoms with Crippen LogP contribution in [0.5, 0.6) is 0 Å². The molecule has 1 atom stereocenters. The number of nitriles is 2. The number of alkyl halides is 1. The van der Waals surface area contributed by atoms with E-state index in [2.05, 4.69) is 30.7 Å². The molecule has 180 valence electrons. The van der Waals surface area contributed by atoms with Crippen molar-refractivity contribution in [1.29, 1.82) is 10.5 Å². The molecule has 4 rings (SSSR count). The van der Waals surface area contributed by atoms with E-state index in [4.69, 9.17) is 10.5 Å². The van der Waals surface area contributed by atoms with Crippen molar-refractivity contribution in [3.8, 4) is 23.5 Å². The molecule has 12 heteroatoms. The highest BCUT2D eigenvalue weighted by atomic mass is 19.1. The normalized spacial score (nSPS) is 11.9. The molecule has 1 amide bonds. The molecule has 3 N–H and O–H groups in total. The Bertz CT molecular complexity index is 1510. The van der Waals surface area contributed by atoms with Crippen molar-refractivity contribution in [2.24, 2.45) is 0 Å². The van der Waals surface area contributed by atoms with Crippen LogP contribution in [0.25, 0.3) is 16.9 Å². The lowest BCUT2D eigenvalue weighted by molar-refractivity contribution is -0.00177. The van der Waals surface area contributed by atoms with Gasteiger partial charge in [0.2, 0.25) is 5.95 Å². The third-order valence-corrected chi connectivity index (χ3v) is 5.28. The molecule has 0 saturated carbocycles. The number of nitrogens with zero attached hydrogens (tertiary/aromatic N) is 7. The average Bonchev–Trinajstić information content (AvgIpc) is 3.30. The quantitative estimate of drug-likeness (QED) is 0.356. The number of hydrogen-bond acceptors (Lipinski definition) is 9. The fraction of sp³-hybridized carbons (Fsp3) is 0.208. The highest BCUT2D eigenvalue weighted by molar-refractivity contribution is 6.00. The number of aromatic nitrogens is 5. The van der Waals surface area contributed by atoms with E-state index >= 15 is 0 Å². The minimum absolute atomic E-state index is 0.0789. The third-order valence-electron chi connectivity index (χ3n) is 5.28. The smallest absolute Gasteiger partial charge is 0.255 e. The Hall–Kier alpha value is -4.94. The number of rotatable bonds is 7. The van der Waals surface area contributed by atoms with E-state index in [1.807, 2.05) is 12.1 Å². The van der Waals surface area contributed by atoms with E-state index in [0.717, 1.165) is 0 Å². The lowest BCUT2D eigenvalue weighted by Gasteiger charge is -2.22. The van der Waals surface area contributed by atoms with E-state index in [0.29, 0.717) is 22.5 Å². The molecule has 4 aromatic rings. The second kappa shape index (κ2) is 9.74. The Morgan fingerprint density at radius 2 is 1.83 bits per heavy atom. The molecule has 0 fully saturated rings. The molecule has 0 aliphatic rings. The minimum atomic E-state index is -1.69. The average molecular weight is 485 g/mol. The monoisotopic (exact) mass is 485 g/mol. The van der Waals surface area contributed by atoms with Crippen LogP contribution in [0.15, 0.2) is 49.1 Å². The predicted octanol–water partition coefficient (Wildman–Crippen LogP) is 2.51. The van der Waals surface area contributed by atoms with E-state index in [9.17, 15) is 14.3 Å². The number of carbonyl (C=O) groups excluding carboxylic acids is 1. The van der Waals surface area contributed by atoms with Crippen LogP contribution in [0.4, 0.5) is 16.0 Å². The summed E-state index contributed by atoms with van der Waals surface area (Å²) in [6.45, 7) is 2.21. The van der Waals surface area contributed by atoms with Gasteiger partial charge in [0.05, 0.1) is 70.0 Å². The number of aliphatic hydroxyl groups is 1. The van der Waals surface area contributed by atoms with Gasteiger partial charge in [-0.15, -0.1) is 0 Å². The lowest BCUT2D eigenvalue weighted by atomic mass is 10.0. The van der Waals surface area contributed by atoms with E-state index in [-0.39, 0.29) is 22.8 Å². The topological polar surface area (TPSA) is 165 Å². The number of nitrogens with one attached hydrogen (secondary N) is 2. The van der Waals surface area contributed by atoms with E-state index in [1.165, 1.54) is 38.6 Å². The fourth-order valence-electron chi connectivity index (χ4n) is 3.23. The zero-order valence-electron chi connectivity index (χ0n) is 19.3. The number of halogens is 1. The number of fused-ring (bicyclic) bond motifs is 1. The van der Waals surface area contributed by atoms with Gasteiger partial charge in [-0.2, -0.15) is 15.6 Å². The number of hydrogen-bond donors (Lipinski definition) is 3. The van der Waals surface area contributed by atoms with Crippen LogP contribution in [-0.2, 0) is 0 Å². The molecule has 0 aliphatic carbocycles. The van der Waals surface area contributed by atoms with Gasteiger partial charge in [-0.3, -0.25) is 9.78 Å². The summed E-state index contributed by atoms with van der Waals surface area (Å²) in [5.41, 5.74) is 1.11. The van der Waals surface area contributed by atoms with Crippen molar-refractivity contribution in [1.82, 2.24) is 29.9 Å². The van der Waals surface area contributed by atoms with Gasteiger partial charge in [-0.25, -0.2) is 18.9 Å². The van der Waals surface area contributed by atoms with Crippen LogP contribution >= 0.6 is 0 Å². The van der Waals surface area contributed by atoms with E-state index in [1.54, 1.807) is 28.8 Å². The first-order valence-electron chi connectivity index (χ1n) is 10.7. The summed E-state index contributed by atoms with van der Waals surface area (Å²) in [5.74, 6) is -0.509. The Morgan fingerprint density at radius 1 is 1.11 bits per heavy atom. The zero-order chi connectivity index (χ0) is 25.9. The molecule has 0 radical (unpaired) electrons. The molecule has 4 aromatic heterocycles. The van der Waals surface area contributed by atoms with Crippen LogP contribution in [0.3, 0.4) is 0 Å². The van der Waals surface area contributed by atoms with Crippen LogP contribution in [0.2, 0.25) is 0 Å². The molecule has 0 aliphatic heterocycles. The highest BCUT2D eigenvalue weighted by Gasteiger charge is 2.27. The van der Waals surface area contributed by atoms with Crippen LogP contribution in [0, 0.1) is 22.7 Å². The second-order valence-corrected chi connectivity index (χ2v) is 8.39. The molecule has 0 spiro atoms. The van der Waals surface area contributed by atoms with Gasteiger partial charge < -0.3 is 15.7 Å². The molecule has 4 heterocycles. The first-order chi connectivity index (χ1) is 17.2. The van der Waals surface area contributed by atoms with Crippen molar-refractivity contribution < 1.29 is 14.3 Å². The molecular weight excluding hydrogens is 465 g/mol. The van der Waals surface area contributed by atoms with Crippen LogP contribution < -0.4 is 10.6 Å². The highest BCUT2D eigenvalue weighted by Crippen LogP contribution is 2.27. The van der Waals surface area contributed by atoms with Crippen molar-refractivity contribution in [3.63, 3.8) is 0 Å². The summed E-state index contributed by atoms with van der Waals surface area (Å²) in [6, 6.07) is 10.8. The Morgan fingerprint density at radius 3 is 2.50 bits per heavy atom. The Balaban J connectivity index is 1.71. The molecular formula is C24H20FN9O2. The largest absolute Gasteiger partial charge is 0.387 e. The zero-order valence-corrected chi connectivity index (χ0v) is 19.3. The maximum absolute atomic E-state index is 14.2. The molecule has 36 heavy (non-hydrogen) atoms. The standard InChI is InChI=1S/C24H20FN9O2/c1-24(2,36)21(25)13-29-22(35)17-12-28-19(6-18(17)33-23-30-9-15(8-27)10-31-23)20-4-3-16-5-14(7-26)11-32-34(16)20/h3-6,9-12,21,36H,13H2,1-2H3,(H,29,35)(H,28,30,31,33). The van der Waals surface area contributed by atoms with Gasteiger partial charge in [0, 0.05) is 6.20 Å². The van der Waals surface area contributed by atoms with Gasteiger partial charge in [0.1, 0.15) is 18.3 Å². The molecule has 1 unspecified atom stereocenters. The molecule has 11 nitrogen and oxygen atoms in total. The van der Waals surface area contributed by atoms with Gasteiger partial charge in [0.15, 0.2) is 0 Å². The SMILES string of the molecule is CC(C)(O)C(F)CNC(=O)c1cnc(-c2ccc3cc(C#N)cnn23)cc1Nc1ncc(C#N)cn1. The summed E-state index contributed by atoms with van der Waals surface area (Å²) >= 11 is 0. The van der Waals surface area contributed by atoms with Crippen LogP contribution in [0.1, 0.15) is 35.3 Å².